The van der Waals surface area contributed by atoms with Crippen LogP contribution in [0.4, 0.5) is 4.79 Å². The Kier molecular flexibility index (Phi) is 11.1. The van der Waals surface area contributed by atoms with Crippen molar-refractivity contribution in [3.63, 3.8) is 0 Å². The Morgan fingerprint density at radius 1 is 1.00 bits per heavy atom. The summed E-state index contributed by atoms with van der Waals surface area (Å²) in [6, 6.07) is 16.1. The van der Waals surface area contributed by atoms with E-state index in [2.05, 4.69) is 24.4 Å². The van der Waals surface area contributed by atoms with Gasteiger partial charge in [-0.15, -0.1) is 0 Å². The van der Waals surface area contributed by atoms with Gasteiger partial charge in [-0.05, 0) is 37.5 Å². The monoisotopic (exact) mass is 512 g/mol. The number of carbonyl (C=O) groups is 3. The summed E-state index contributed by atoms with van der Waals surface area (Å²) in [6.45, 7) is 3.45. The van der Waals surface area contributed by atoms with E-state index in [9.17, 15) is 19.5 Å². The molecule has 4 rings (SSSR count). The highest BCUT2D eigenvalue weighted by Gasteiger charge is 2.26. The molecule has 1 aliphatic carbocycles. The Balaban J connectivity index is 0.000000444. The number of carbonyl (C=O) groups excluding carboxylic acids is 2. The molecule has 7 nitrogen and oxygen atoms in total. The van der Waals surface area contributed by atoms with Crippen molar-refractivity contribution >= 4 is 29.7 Å². The van der Waals surface area contributed by atoms with Gasteiger partial charge >= 0.3 is 12.1 Å². The topological polar surface area (TPSA) is 95.9 Å². The molecule has 194 valence electrons. The number of aryl methyl sites for hydroxylation is 1. The van der Waals surface area contributed by atoms with Crippen LogP contribution in [0.15, 0.2) is 54.6 Å². The zero-order valence-electron chi connectivity index (χ0n) is 20.9. The minimum Gasteiger partial charge on any atom is -0.480 e. The van der Waals surface area contributed by atoms with E-state index in [1.165, 1.54) is 5.56 Å². The maximum absolute atomic E-state index is 12.4. The average Bonchev–Trinajstić information content (AvgIpc) is 2.91. The summed E-state index contributed by atoms with van der Waals surface area (Å²) < 4.78 is 5.40. The fraction of sp³-hybridized carbons (Fsp3) is 0.464. The first-order chi connectivity index (χ1) is 17.4. The van der Waals surface area contributed by atoms with Crippen molar-refractivity contribution in [2.75, 3.05) is 24.6 Å². The molecule has 0 spiro atoms. The van der Waals surface area contributed by atoms with Gasteiger partial charge in [0.15, 0.2) is 0 Å². The van der Waals surface area contributed by atoms with E-state index < -0.39 is 12.0 Å². The summed E-state index contributed by atoms with van der Waals surface area (Å²) in [6.07, 6.45) is 4.66. The lowest BCUT2D eigenvalue weighted by Crippen LogP contribution is -2.45. The number of amides is 2. The third-order valence-corrected chi connectivity index (χ3v) is 7.31. The first-order valence-electron chi connectivity index (χ1n) is 12.6. The molecular weight excluding hydrogens is 476 g/mol. The van der Waals surface area contributed by atoms with E-state index in [1.807, 2.05) is 30.0 Å². The lowest BCUT2D eigenvalue weighted by molar-refractivity contribution is -0.142. The summed E-state index contributed by atoms with van der Waals surface area (Å²) in [7, 11) is 0. The Hall–Kier alpha value is -3.00. The highest BCUT2D eigenvalue weighted by atomic mass is 32.2. The van der Waals surface area contributed by atoms with Crippen LogP contribution in [0.3, 0.4) is 0 Å². The minimum absolute atomic E-state index is 0.0828. The maximum atomic E-state index is 12.4. The second-order valence-corrected chi connectivity index (χ2v) is 10.4. The molecule has 2 N–H and O–H groups in total. The second-order valence-electron chi connectivity index (χ2n) is 9.20. The zero-order chi connectivity index (χ0) is 25.8. The first kappa shape index (κ1) is 27.6. The highest BCUT2D eigenvalue weighted by molar-refractivity contribution is 7.99. The molecule has 2 aromatic carbocycles. The second kappa shape index (κ2) is 14.5. The van der Waals surface area contributed by atoms with E-state index in [1.54, 1.807) is 29.2 Å². The van der Waals surface area contributed by atoms with Crippen LogP contribution < -0.4 is 10.1 Å². The van der Waals surface area contributed by atoms with Crippen LogP contribution in [-0.2, 0) is 16.0 Å². The maximum Gasteiger partial charge on any atom is 0.415 e. The SMILES string of the molecule is Cc1ccccc1.O=C(NC(Cc1ccc(OC(=O)N2CCSCC2)cc1)C(=O)O)C1CCCCC1. The van der Waals surface area contributed by atoms with Crippen molar-refractivity contribution in [2.45, 2.75) is 51.5 Å². The largest absolute Gasteiger partial charge is 0.480 e. The van der Waals surface area contributed by atoms with E-state index >= 15 is 0 Å². The summed E-state index contributed by atoms with van der Waals surface area (Å²) in [4.78, 5) is 37.9. The number of rotatable bonds is 6. The van der Waals surface area contributed by atoms with Crippen LogP contribution in [0, 0.1) is 12.8 Å². The standard InChI is InChI=1S/C21H28N2O5S.C7H8/c24-19(16-4-2-1-3-5-16)22-18(20(25)26)14-15-6-8-17(9-7-15)28-21(27)23-10-12-29-13-11-23;1-7-5-3-2-4-6-7/h6-9,16,18H,1-5,10-14H2,(H,22,24)(H,25,26);2-6H,1H3. The van der Waals surface area contributed by atoms with Gasteiger partial charge in [-0.1, -0.05) is 67.3 Å². The smallest absolute Gasteiger partial charge is 0.415 e. The number of nitrogens with one attached hydrogen (secondary N) is 1. The number of benzene rings is 2. The van der Waals surface area contributed by atoms with Crippen molar-refractivity contribution in [1.82, 2.24) is 10.2 Å². The lowest BCUT2D eigenvalue weighted by atomic mass is 9.88. The molecule has 1 heterocycles. The summed E-state index contributed by atoms with van der Waals surface area (Å²) in [5.41, 5.74) is 2.08. The fourth-order valence-corrected chi connectivity index (χ4v) is 5.13. The van der Waals surface area contributed by atoms with Crippen LogP contribution >= 0.6 is 11.8 Å². The van der Waals surface area contributed by atoms with Gasteiger partial charge in [-0.3, -0.25) is 4.79 Å². The zero-order valence-corrected chi connectivity index (χ0v) is 21.7. The molecule has 2 amide bonds. The van der Waals surface area contributed by atoms with E-state index in [0.29, 0.717) is 18.8 Å². The first-order valence-corrected chi connectivity index (χ1v) is 13.8. The van der Waals surface area contributed by atoms with E-state index in [0.717, 1.165) is 49.2 Å². The molecule has 2 aliphatic rings. The molecule has 0 aromatic heterocycles. The number of hydrogen-bond acceptors (Lipinski definition) is 5. The molecular formula is C28H36N2O5S. The number of hydrogen-bond donors (Lipinski definition) is 2. The number of thioether (sulfide) groups is 1. The van der Waals surface area contributed by atoms with Crippen LogP contribution in [0.25, 0.3) is 0 Å². The predicted octanol–water partition coefficient (Wildman–Crippen LogP) is 4.92. The molecule has 0 bridgehead atoms. The molecule has 1 unspecified atom stereocenters. The Morgan fingerprint density at radius 2 is 1.64 bits per heavy atom. The fourth-order valence-electron chi connectivity index (χ4n) is 4.23. The third kappa shape index (κ3) is 9.22. The van der Waals surface area contributed by atoms with Crippen molar-refractivity contribution in [2.24, 2.45) is 5.92 Å². The molecule has 1 aliphatic heterocycles. The Morgan fingerprint density at radius 3 is 2.19 bits per heavy atom. The predicted molar refractivity (Wildman–Crippen MR) is 142 cm³/mol. The molecule has 2 fully saturated rings. The lowest BCUT2D eigenvalue weighted by Gasteiger charge is -2.25. The number of aliphatic carboxylic acids is 1. The quantitative estimate of drug-likeness (QED) is 0.570. The van der Waals surface area contributed by atoms with Gasteiger partial charge < -0.3 is 20.1 Å². The number of carboxylic acid groups (broad SMARTS) is 1. The number of carboxylic acids is 1. The van der Waals surface area contributed by atoms with Crippen LogP contribution in [0.2, 0.25) is 0 Å². The van der Waals surface area contributed by atoms with Crippen molar-refractivity contribution in [1.29, 1.82) is 0 Å². The molecule has 1 atom stereocenters. The number of ether oxygens (including phenoxy) is 1. The average molecular weight is 513 g/mol. The highest BCUT2D eigenvalue weighted by Crippen LogP contribution is 2.24. The van der Waals surface area contributed by atoms with Gasteiger partial charge in [0.2, 0.25) is 5.91 Å². The van der Waals surface area contributed by atoms with Crippen molar-refractivity contribution < 1.29 is 24.2 Å². The Labute approximate surface area is 217 Å². The van der Waals surface area contributed by atoms with Gasteiger partial charge in [0.05, 0.1) is 0 Å². The summed E-state index contributed by atoms with van der Waals surface area (Å²) in [5, 5.41) is 12.2. The van der Waals surface area contributed by atoms with Crippen molar-refractivity contribution in [3.05, 3.63) is 65.7 Å². The number of nitrogens with zero attached hydrogens (tertiary/aromatic N) is 1. The van der Waals surface area contributed by atoms with Gasteiger partial charge in [0.25, 0.3) is 0 Å². The molecule has 36 heavy (non-hydrogen) atoms. The van der Waals surface area contributed by atoms with E-state index in [4.69, 9.17) is 4.74 Å². The molecule has 1 saturated heterocycles. The minimum atomic E-state index is -1.05. The Bertz CT molecular complexity index is 971. The molecule has 1 saturated carbocycles. The molecule has 8 heteroatoms. The normalized spacial score (nSPS) is 16.8. The van der Waals surface area contributed by atoms with E-state index in [-0.39, 0.29) is 24.3 Å². The van der Waals surface area contributed by atoms with Gasteiger partial charge in [0, 0.05) is 36.9 Å². The summed E-state index contributed by atoms with van der Waals surface area (Å²) in [5.74, 6) is 0.958. The third-order valence-electron chi connectivity index (χ3n) is 6.37. The van der Waals surface area contributed by atoms with Crippen molar-refractivity contribution in [3.8, 4) is 5.75 Å². The summed E-state index contributed by atoms with van der Waals surface area (Å²) >= 11 is 1.82. The molecule has 2 aromatic rings. The van der Waals surface area contributed by atoms with Gasteiger partial charge in [-0.2, -0.15) is 11.8 Å². The molecule has 0 radical (unpaired) electrons. The van der Waals surface area contributed by atoms with Crippen LogP contribution in [0.5, 0.6) is 5.75 Å². The van der Waals surface area contributed by atoms with Gasteiger partial charge in [0.1, 0.15) is 11.8 Å². The van der Waals surface area contributed by atoms with Crippen LogP contribution in [-0.4, -0.2) is 58.6 Å². The van der Waals surface area contributed by atoms with Crippen LogP contribution in [0.1, 0.15) is 43.2 Å². The van der Waals surface area contributed by atoms with Gasteiger partial charge in [-0.25, -0.2) is 9.59 Å².